The maximum Gasteiger partial charge on any atom is 0.332 e. The summed E-state index contributed by atoms with van der Waals surface area (Å²) in [7, 11) is 4.67. The minimum absolute atomic E-state index is 0.241. The second-order valence-electron chi connectivity index (χ2n) is 7.40. The van der Waals surface area contributed by atoms with Gasteiger partial charge in [-0.3, -0.25) is 27.7 Å². The van der Waals surface area contributed by atoms with Gasteiger partial charge in [-0.15, -0.1) is 0 Å². The van der Waals surface area contributed by atoms with Crippen LogP contribution in [0, 0.1) is 13.8 Å². The predicted molar refractivity (Wildman–Crippen MR) is 115 cm³/mol. The van der Waals surface area contributed by atoms with Gasteiger partial charge in [0.2, 0.25) is 5.78 Å². The van der Waals surface area contributed by atoms with E-state index in [9.17, 15) is 14.4 Å². The summed E-state index contributed by atoms with van der Waals surface area (Å²) in [5, 5.41) is 0. The van der Waals surface area contributed by atoms with Gasteiger partial charge in [0, 0.05) is 24.5 Å². The molecule has 0 bridgehead atoms. The number of imidazole rings is 2. The zero-order valence-corrected chi connectivity index (χ0v) is 18.2. The van der Waals surface area contributed by atoms with Crippen LogP contribution in [0.4, 0.5) is 0 Å². The quantitative estimate of drug-likeness (QED) is 0.479. The molecule has 3 heterocycles. The molecule has 0 saturated heterocycles. The molecule has 0 unspecified atom stereocenters. The van der Waals surface area contributed by atoms with Crippen molar-refractivity contribution in [3.8, 4) is 17.2 Å². The van der Waals surface area contributed by atoms with Crippen LogP contribution >= 0.6 is 0 Å². The Bertz CT molecular complexity index is 1480. The average molecular weight is 425 g/mol. The molecule has 0 aliphatic rings. The van der Waals surface area contributed by atoms with Crippen molar-refractivity contribution in [1.82, 2.24) is 23.1 Å². The third-order valence-electron chi connectivity index (χ3n) is 5.53. The second-order valence-corrected chi connectivity index (χ2v) is 7.40. The summed E-state index contributed by atoms with van der Waals surface area (Å²) in [6.45, 7) is 4.83. The number of fused-ring (bicyclic) bond motifs is 3. The summed E-state index contributed by atoms with van der Waals surface area (Å²) in [6, 6.07) is 5.41. The largest absolute Gasteiger partial charge is 0.497 e. The van der Waals surface area contributed by atoms with E-state index >= 15 is 0 Å². The highest BCUT2D eigenvalue weighted by atomic mass is 16.5. The van der Waals surface area contributed by atoms with E-state index in [4.69, 9.17) is 9.47 Å². The number of ether oxygens (including phenoxy) is 2. The van der Waals surface area contributed by atoms with Crippen molar-refractivity contribution in [2.45, 2.75) is 27.3 Å². The van der Waals surface area contributed by atoms with E-state index in [1.807, 2.05) is 24.5 Å². The molecule has 0 atom stereocenters. The fraction of sp³-hybridized carbons (Fsp3) is 0.333. The number of carbonyl (C=O) groups excluding carboxylic acids is 1. The predicted octanol–water partition coefficient (Wildman–Crippen LogP) is 1.36. The lowest BCUT2D eigenvalue weighted by molar-refractivity contribution is -0.117. The van der Waals surface area contributed by atoms with E-state index in [2.05, 4.69) is 4.98 Å². The lowest BCUT2D eigenvalue weighted by atomic mass is 10.2. The van der Waals surface area contributed by atoms with Gasteiger partial charge in [-0.25, -0.2) is 4.79 Å². The number of Topliss-reactive ketones (excluding diaryl/α,β-unsaturated/α-hetero) is 1. The molecule has 162 valence electrons. The fourth-order valence-electron chi connectivity index (χ4n) is 3.87. The maximum atomic E-state index is 13.2. The van der Waals surface area contributed by atoms with Gasteiger partial charge in [0.25, 0.3) is 5.56 Å². The number of carbonyl (C=O) groups is 1. The second kappa shape index (κ2) is 7.15. The van der Waals surface area contributed by atoms with Gasteiger partial charge in [-0.1, -0.05) is 0 Å². The number of aryl methyl sites for hydroxylation is 2. The summed E-state index contributed by atoms with van der Waals surface area (Å²) < 4.78 is 16.7. The number of benzene rings is 1. The van der Waals surface area contributed by atoms with Gasteiger partial charge in [0.15, 0.2) is 11.2 Å². The Hall–Kier alpha value is -3.82. The third-order valence-corrected chi connectivity index (χ3v) is 5.53. The first-order valence-corrected chi connectivity index (χ1v) is 9.63. The Balaban J connectivity index is 2.16. The molecule has 10 nitrogen and oxygen atoms in total. The van der Waals surface area contributed by atoms with Crippen LogP contribution in [-0.2, 0) is 18.4 Å². The van der Waals surface area contributed by atoms with Crippen molar-refractivity contribution < 1.29 is 14.3 Å². The van der Waals surface area contributed by atoms with Gasteiger partial charge < -0.3 is 9.47 Å². The van der Waals surface area contributed by atoms with Crippen LogP contribution in [0.15, 0.2) is 27.8 Å². The van der Waals surface area contributed by atoms with E-state index in [0.29, 0.717) is 23.0 Å². The van der Waals surface area contributed by atoms with Crippen LogP contribution in [0.25, 0.3) is 22.6 Å². The lowest BCUT2D eigenvalue weighted by Crippen LogP contribution is -2.40. The summed E-state index contributed by atoms with van der Waals surface area (Å²) in [6.07, 6.45) is 0. The standard InChI is InChI=1S/C21H23N5O5/c1-11(27)10-24-19(28)17-18(23(4)21(24)29)22-20-25(12(2)13(3)26(17)20)15-8-7-14(30-5)9-16(15)31-6/h7-9H,10H2,1-6H3. The molecule has 4 aromatic rings. The molecule has 4 rings (SSSR count). The number of ketones is 1. The number of rotatable bonds is 5. The molecule has 10 heteroatoms. The minimum atomic E-state index is -0.587. The van der Waals surface area contributed by atoms with Crippen LogP contribution in [0.1, 0.15) is 18.3 Å². The highest BCUT2D eigenvalue weighted by molar-refractivity contribution is 5.79. The molecule has 0 amide bonds. The summed E-state index contributed by atoms with van der Waals surface area (Å²) >= 11 is 0. The van der Waals surface area contributed by atoms with Gasteiger partial charge in [-0.05, 0) is 32.9 Å². The van der Waals surface area contributed by atoms with E-state index in [1.54, 1.807) is 30.8 Å². The first-order valence-electron chi connectivity index (χ1n) is 9.63. The molecule has 3 aromatic heterocycles. The number of nitrogens with zero attached hydrogens (tertiary/aromatic N) is 5. The van der Waals surface area contributed by atoms with E-state index in [0.717, 1.165) is 16.0 Å². The Labute approximate surface area is 176 Å². The molecule has 0 spiro atoms. The molecular weight excluding hydrogens is 402 g/mol. The smallest absolute Gasteiger partial charge is 0.332 e. The molecular formula is C21H23N5O5. The van der Waals surface area contributed by atoms with E-state index in [-0.39, 0.29) is 23.5 Å². The number of aromatic nitrogens is 5. The van der Waals surface area contributed by atoms with Gasteiger partial charge in [0.05, 0.1) is 26.5 Å². The first kappa shape index (κ1) is 20.5. The van der Waals surface area contributed by atoms with E-state index < -0.39 is 11.2 Å². The fourth-order valence-corrected chi connectivity index (χ4v) is 3.87. The van der Waals surface area contributed by atoms with Crippen LogP contribution < -0.4 is 20.7 Å². The average Bonchev–Trinajstić information content (AvgIpc) is 3.24. The van der Waals surface area contributed by atoms with Crippen molar-refractivity contribution >= 4 is 22.7 Å². The lowest BCUT2D eigenvalue weighted by Gasteiger charge is -2.13. The Morgan fingerprint density at radius 2 is 1.81 bits per heavy atom. The summed E-state index contributed by atoms with van der Waals surface area (Å²) in [4.78, 5) is 42.2. The zero-order chi connectivity index (χ0) is 22.6. The summed E-state index contributed by atoms with van der Waals surface area (Å²) in [5.74, 6) is 1.38. The van der Waals surface area contributed by atoms with E-state index in [1.165, 1.54) is 18.5 Å². The molecule has 0 saturated carbocycles. The molecule has 0 aliphatic carbocycles. The van der Waals surface area contributed by atoms with Crippen molar-refractivity contribution in [3.05, 3.63) is 50.4 Å². The third kappa shape index (κ3) is 2.86. The monoisotopic (exact) mass is 425 g/mol. The van der Waals surface area contributed by atoms with Gasteiger partial charge in [0.1, 0.15) is 17.3 Å². The Kier molecular flexibility index (Phi) is 4.72. The topological polar surface area (TPSA) is 102 Å². The molecule has 31 heavy (non-hydrogen) atoms. The molecule has 1 aromatic carbocycles. The molecule has 0 radical (unpaired) electrons. The molecule has 0 fully saturated rings. The Morgan fingerprint density at radius 3 is 2.42 bits per heavy atom. The van der Waals surface area contributed by atoms with Crippen LogP contribution in [0.3, 0.4) is 0 Å². The van der Waals surface area contributed by atoms with Gasteiger partial charge in [-0.2, -0.15) is 4.98 Å². The van der Waals surface area contributed by atoms with Crippen LogP contribution in [-0.4, -0.2) is 43.1 Å². The van der Waals surface area contributed by atoms with Crippen molar-refractivity contribution in [3.63, 3.8) is 0 Å². The minimum Gasteiger partial charge on any atom is -0.497 e. The van der Waals surface area contributed by atoms with Crippen molar-refractivity contribution in [1.29, 1.82) is 0 Å². The normalized spacial score (nSPS) is 11.4. The van der Waals surface area contributed by atoms with Crippen molar-refractivity contribution in [2.75, 3.05) is 14.2 Å². The van der Waals surface area contributed by atoms with Crippen LogP contribution in [0.2, 0.25) is 0 Å². The number of hydrogen-bond acceptors (Lipinski definition) is 6. The molecule has 0 aliphatic heterocycles. The SMILES string of the molecule is COc1ccc(-n2c(C)c(C)n3c4c(=O)n(CC(C)=O)c(=O)n(C)c4nc23)c(OC)c1. The highest BCUT2D eigenvalue weighted by Gasteiger charge is 2.24. The first-order chi connectivity index (χ1) is 14.7. The van der Waals surface area contributed by atoms with Gasteiger partial charge >= 0.3 is 5.69 Å². The number of methoxy groups -OCH3 is 2. The van der Waals surface area contributed by atoms with Crippen LogP contribution in [0.5, 0.6) is 11.5 Å². The maximum absolute atomic E-state index is 13.2. The highest BCUT2D eigenvalue weighted by Crippen LogP contribution is 2.32. The van der Waals surface area contributed by atoms with Crippen molar-refractivity contribution in [2.24, 2.45) is 7.05 Å². The zero-order valence-electron chi connectivity index (χ0n) is 18.2. The molecule has 0 N–H and O–H groups in total. The Morgan fingerprint density at radius 1 is 1.10 bits per heavy atom. The number of hydrogen-bond donors (Lipinski definition) is 0. The summed E-state index contributed by atoms with van der Waals surface area (Å²) in [5.41, 5.74) is 1.68.